The highest BCUT2D eigenvalue weighted by atomic mass is 16.5. The van der Waals surface area contributed by atoms with E-state index in [9.17, 15) is 4.79 Å². The Morgan fingerprint density at radius 3 is 2.36 bits per heavy atom. The van der Waals surface area contributed by atoms with Crippen molar-refractivity contribution in [3.05, 3.63) is 0 Å². The van der Waals surface area contributed by atoms with E-state index in [1.54, 1.807) is 0 Å². The standard InChI is InChI=1S/C8H17NO2/c1-6(9)8(3,4)5-11-7(2)10/h6H,5,9H2,1-4H3. The van der Waals surface area contributed by atoms with Crippen molar-refractivity contribution in [3.8, 4) is 0 Å². The van der Waals surface area contributed by atoms with Gasteiger partial charge in [0, 0.05) is 18.4 Å². The minimum Gasteiger partial charge on any atom is -0.465 e. The van der Waals surface area contributed by atoms with Gasteiger partial charge in [-0.25, -0.2) is 0 Å². The minimum absolute atomic E-state index is 0.0295. The zero-order valence-electron chi connectivity index (χ0n) is 7.68. The molecule has 0 fully saturated rings. The van der Waals surface area contributed by atoms with E-state index in [-0.39, 0.29) is 17.4 Å². The van der Waals surface area contributed by atoms with Crippen LogP contribution < -0.4 is 5.73 Å². The Kier molecular flexibility index (Phi) is 3.52. The van der Waals surface area contributed by atoms with Crippen LogP contribution in [0.5, 0.6) is 0 Å². The van der Waals surface area contributed by atoms with Gasteiger partial charge in [0.15, 0.2) is 0 Å². The summed E-state index contributed by atoms with van der Waals surface area (Å²) in [5.74, 6) is -0.251. The Morgan fingerprint density at radius 2 is 2.09 bits per heavy atom. The van der Waals surface area contributed by atoms with E-state index < -0.39 is 0 Å². The monoisotopic (exact) mass is 159 g/mol. The zero-order valence-corrected chi connectivity index (χ0v) is 7.68. The highest BCUT2D eigenvalue weighted by Gasteiger charge is 2.23. The van der Waals surface area contributed by atoms with Crippen LogP contribution in [0.15, 0.2) is 0 Å². The number of hydrogen-bond acceptors (Lipinski definition) is 3. The first-order valence-electron chi connectivity index (χ1n) is 3.75. The van der Waals surface area contributed by atoms with Crippen LogP contribution in [0.2, 0.25) is 0 Å². The summed E-state index contributed by atoms with van der Waals surface area (Å²) in [5, 5.41) is 0. The van der Waals surface area contributed by atoms with E-state index in [0.717, 1.165) is 0 Å². The van der Waals surface area contributed by atoms with Gasteiger partial charge in [-0.3, -0.25) is 4.79 Å². The Labute approximate surface area is 67.9 Å². The van der Waals surface area contributed by atoms with E-state index in [4.69, 9.17) is 10.5 Å². The number of carbonyl (C=O) groups is 1. The average Bonchev–Trinajstić information content (AvgIpc) is 1.84. The topological polar surface area (TPSA) is 52.3 Å². The van der Waals surface area contributed by atoms with Gasteiger partial charge in [0.1, 0.15) is 0 Å². The first-order chi connectivity index (χ1) is 4.86. The number of rotatable bonds is 3. The van der Waals surface area contributed by atoms with Crippen LogP contribution in [-0.4, -0.2) is 18.6 Å². The molecule has 1 atom stereocenters. The summed E-state index contributed by atoms with van der Waals surface area (Å²) in [7, 11) is 0. The van der Waals surface area contributed by atoms with Gasteiger partial charge in [0.05, 0.1) is 6.61 Å². The molecule has 0 bridgehead atoms. The third-order valence-corrected chi connectivity index (χ3v) is 1.88. The number of nitrogens with two attached hydrogens (primary N) is 1. The lowest BCUT2D eigenvalue weighted by molar-refractivity contribution is -0.144. The molecule has 66 valence electrons. The van der Waals surface area contributed by atoms with Gasteiger partial charge in [0.25, 0.3) is 0 Å². The summed E-state index contributed by atoms with van der Waals surface area (Å²) in [5.41, 5.74) is 5.53. The number of carbonyl (C=O) groups excluding carboxylic acids is 1. The molecule has 0 saturated carbocycles. The molecule has 11 heavy (non-hydrogen) atoms. The van der Waals surface area contributed by atoms with E-state index in [0.29, 0.717) is 6.61 Å². The van der Waals surface area contributed by atoms with Crippen molar-refractivity contribution in [1.82, 2.24) is 0 Å². The van der Waals surface area contributed by atoms with Crippen molar-refractivity contribution in [2.75, 3.05) is 6.61 Å². The second-order valence-corrected chi connectivity index (χ2v) is 3.56. The molecule has 3 heteroatoms. The van der Waals surface area contributed by atoms with Gasteiger partial charge < -0.3 is 10.5 Å². The summed E-state index contributed by atoms with van der Waals surface area (Å²) >= 11 is 0. The number of ether oxygens (including phenoxy) is 1. The molecule has 0 aliphatic rings. The van der Waals surface area contributed by atoms with Crippen molar-refractivity contribution in [1.29, 1.82) is 0 Å². The van der Waals surface area contributed by atoms with Gasteiger partial charge >= 0.3 is 5.97 Å². The van der Waals surface area contributed by atoms with Crippen LogP contribution in [0.25, 0.3) is 0 Å². The molecule has 0 aliphatic carbocycles. The van der Waals surface area contributed by atoms with E-state index in [1.165, 1.54) is 6.92 Å². The molecule has 0 heterocycles. The first-order valence-corrected chi connectivity index (χ1v) is 3.75. The van der Waals surface area contributed by atoms with E-state index in [2.05, 4.69) is 0 Å². The van der Waals surface area contributed by atoms with Gasteiger partial charge in [0.2, 0.25) is 0 Å². The number of hydrogen-bond donors (Lipinski definition) is 1. The molecule has 3 nitrogen and oxygen atoms in total. The molecular formula is C8H17NO2. The van der Waals surface area contributed by atoms with Crippen LogP contribution in [0.1, 0.15) is 27.7 Å². The van der Waals surface area contributed by atoms with Gasteiger partial charge in [-0.05, 0) is 6.92 Å². The third kappa shape index (κ3) is 3.98. The maximum Gasteiger partial charge on any atom is 0.302 e. The Balaban J connectivity index is 3.82. The summed E-state index contributed by atoms with van der Waals surface area (Å²) in [6, 6.07) is 0.0295. The third-order valence-electron chi connectivity index (χ3n) is 1.88. The lowest BCUT2D eigenvalue weighted by Crippen LogP contribution is -2.38. The molecule has 0 aliphatic heterocycles. The Morgan fingerprint density at radius 1 is 1.64 bits per heavy atom. The second kappa shape index (κ2) is 3.72. The SMILES string of the molecule is CC(=O)OCC(C)(C)C(C)N. The van der Waals surface area contributed by atoms with Crippen molar-refractivity contribution < 1.29 is 9.53 Å². The van der Waals surface area contributed by atoms with E-state index in [1.807, 2.05) is 20.8 Å². The summed E-state index contributed by atoms with van der Waals surface area (Å²) < 4.78 is 4.85. The molecule has 0 saturated heterocycles. The molecule has 0 aromatic rings. The van der Waals surface area contributed by atoms with Gasteiger partial charge in [-0.2, -0.15) is 0 Å². The maximum atomic E-state index is 10.4. The van der Waals surface area contributed by atoms with Crippen LogP contribution in [-0.2, 0) is 9.53 Å². The lowest BCUT2D eigenvalue weighted by atomic mass is 9.87. The van der Waals surface area contributed by atoms with Crippen LogP contribution in [0.3, 0.4) is 0 Å². The molecule has 1 unspecified atom stereocenters. The van der Waals surface area contributed by atoms with Crippen LogP contribution in [0, 0.1) is 5.41 Å². The summed E-state index contributed by atoms with van der Waals surface area (Å²) in [4.78, 5) is 10.4. The van der Waals surface area contributed by atoms with E-state index >= 15 is 0 Å². The highest BCUT2D eigenvalue weighted by Crippen LogP contribution is 2.18. The maximum absolute atomic E-state index is 10.4. The second-order valence-electron chi connectivity index (χ2n) is 3.56. The highest BCUT2D eigenvalue weighted by molar-refractivity contribution is 5.65. The summed E-state index contributed by atoms with van der Waals surface area (Å²) in [6.45, 7) is 7.64. The molecule has 0 aromatic heterocycles. The average molecular weight is 159 g/mol. The molecular weight excluding hydrogens is 142 g/mol. The molecule has 0 spiro atoms. The van der Waals surface area contributed by atoms with Crippen molar-refractivity contribution in [2.24, 2.45) is 11.1 Å². The molecule has 2 N–H and O–H groups in total. The molecule has 0 aromatic carbocycles. The largest absolute Gasteiger partial charge is 0.465 e. The minimum atomic E-state index is -0.251. The van der Waals surface area contributed by atoms with Gasteiger partial charge in [-0.1, -0.05) is 13.8 Å². The van der Waals surface area contributed by atoms with Crippen molar-refractivity contribution in [2.45, 2.75) is 33.7 Å². The van der Waals surface area contributed by atoms with Crippen molar-refractivity contribution in [3.63, 3.8) is 0 Å². The predicted molar refractivity (Wildman–Crippen MR) is 44.1 cm³/mol. The quantitative estimate of drug-likeness (QED) is 0.623. The number of esters is 1. The molecule has 0 rings (SSSR count). The smallest absolute Gasteiger partial charge is 0.302 e. The fourth-order valence-corrected chi connectivity index (χ4v) is 0.419. The molecule has 0 amide bonds. The fraction of sp³-hybridized carbons (Fsp3) is 0.875. The van der Waals surface area contributed by atoms with Crippen molar-refractivity contribution >= 4 is 5.97 Å². The van der Waals surface area contributed by atoms with Crippen LogP contribution in [0.4, 0.5) is 0 Å². The molecule has 0 radical (unpaired) electrons. The lowest BCUT2D eigenvalue weighted by Gasteiger charge is -2.27. The fourth-order valence-electron chi connectivity index (χ4n) is 0.419. The predicted octanol–water partition coefficient (Wildman–Crippen LogP) is 0.923. The Hall–Kier alpha value is -0.570. The Bertz CT molecular complexity index is 141. The summed E-state index contributed by atoms with van der Waals surface area (Å²) in [6.07, 6.45) is 0. The normalized spacial score (nSPS) is 14.3. The zero-order chi connectivity index (χ0) is 9.07. The van der Waals surface area contributed by atoms with Gasteiger partial charge in [-0.15, -0.1) is 0 Å². The van der Waals surface area contributed by atoms with Crippen LogP contribution >= 0.6 is 0 Å². The first kappa shape index (κ1) is 10.4.